The highest BCUT2D eigenvalue weighted by Gasteiger charge is 2.81. The maximum absolute atomic E-state index is 14.4. The van der Waals surface area contributed by atoms with E-state index in [9.17, 15) is 36.3 Å². The number of esters is 1. The zero-order chi connectivity index (χ0) is 30.8. The van der Waals surface area contributed by atoms with E-state index in [0.29, 0.717) is 0 Å². The lowest BCUT2D eigenvalue weighted by molar-refractivity contribution is -0.153. The molecule has 2 aromatic carbocycles. The minimum Gasteiger partial charge on any atom is -0.478 e. The molecule has 2 aromatic rings. The van der Waals surface area contributed by atoms with E-state index < -0.39 is 76.8 Å². The van der Waals surface area contributed by atoms with Gasteiger partial charge >= 0.3 is 31.4 Å². The number of carbonyl (C=O) groups is 3. The Morgan fingerprint density at radius 3 is 1.59 bits per heavy atom. The van der Waals surface area contributed by atoms with Crippen molar-refractivity contribution in [2.24, 2.45) is 0 Å². The molecule has 1 heterocycles. The first-order valence-electron chi connectivity index (χ1n) is 11.2. The SMILES string of the molecule is COC(=O)C1(/C(=C(/O)OC)[P+](OC)(OC)OC)C(=O)N(S(=O)(=O)c2ccccc2)C(=O)N1S(=O)(=O)c1ccccc1. The molecule has 1 aliphatic heterocycles. The molecule has 0 aromatic heterocycles. The number of imide groups is 1. The van der Waals surface area contributed by atoms with Crippen LogP contribution in [0.25, 0.3) is 0 Å². The molecule has 1 aliphatic rings. The smallest absolute Gasteiger partial charge is 0.454 e. The van der Waals surface area contributed by atoms with Crippen LogP contribution in [-0.4, -0.2) is 89.5 Å². The van der Waals surface area contributed by atoms with E-state index >= 15 is 0 Å². The molecule has 3 rings (SSSR count). The van der Waals surface area contributed by atoms with Crippen molar-refractivity contribution < 1.29 is 59.4 Å². The molecule has 1 atom stereocenters. The molecule has 18 heteroatoms. The highest BCUT2D eigenvalue weighted by Crippen LogP contribution is 2.72. The van der Waals surface area contributed by atoms with Crippen LogP contribution < -0.4 is 0 Å². The summed E-state index contributed by atoms with van der Waals surface area (Å²) in [5.74, 6) is -5.16. The molecule has 1 unspecified atom stereocenters. The van der Waals surface area contributed by atoms with Gasteiger partial charge in [0.2, 0.25) is 0 Å². The van der Waals surface area contributed by atoms with Crippen LogP contribution in [0.1, 0.15) is 0 Å². The van der Waals surface area contributed by atoms with Crippen LogP contribution in [-0.2, 0) is 52.7 Å². The first-order valence-corrected chi connectivity index (χ1v) is 15.6. The van der Waals surface area contributed by atoms with E-state index in [-0.39, 0.29) is 4.31 Å². The lowest BCUT2D eigenvalue weighted by Gasteiger charge is -2.33. The molecule has 1 fully saturated rings. The van der Waals surface area contributed by atoms with Crippen LogP contribution in [0.2, 0.25) is 0 Å². The van der Waals surface area contributed by atoms with Crippen LogP contribution in [0.15, 0.2) is 81.7 Å². The Morgan fingerprint density at radius 2 is 1.20 bits per heavy atom. The average Bonchev–Trinajstić information content (AvgIpc) is 3.23. The van der Waals surface area contributed by atoms with Gasteiger partial charge in [-0.3, -0.25) is 4.79 Å². The molecule has 0 saturated carbocycles. The molecule has 1 saturated heterocycles. The first-order chi connectivity index (χ1) is 19.3. The Kier molecular flexibility index (Phi) is 9.12. The zero-order valence-electron chi connectivity index (χ0n) is 22.3. The number of methoxy groups -OCH3 is 2. The molecule has 222 valence electrons. The summed E-state index contributed by atoms with van der Waals surface area (Å²) in [5.41, 5.74) is -3.65. The number of rotatable bonds is 11. The Hall–Kier alpha value is -3.60. The van der Waals surface area contributed by atoms with Gasteiger partial charge < -0.3 is 14.6 Å². The van der Waals surface area contributed by atoms with Crippen molar-refractivity contribution in [1.82, 2.24) is 8.61 Å². The van der Waals surface area contributed by atoms with Crippen molar-refractivity contribution in [3.05, 3.63) is 71.9 Å². The zero-order valence-corrected chi connectivity index (χ0v) is 24.8. The molecule has 0 bridgehead atoms. The number of aliphatic hydroxyl groups is 1. The molecule has 0 radical (unpaired) electrons. The van der Waals surface area contributed by atoms with Crippen LogP contribution in [0.5, 0.6) is 0 Å². The van der Waals surface area contributed by atoms with Gasteiger partial charge in [0.05, 0.1) is 45.3 Å². The molecule has 41 heavy (non-hydrogen) atoms. The van der Waals surface area contributed by atoms with Crippen LogP contribution in [0, 0.1) is 0 Å². The predicted octanol–water partition coefficient (Wildman–Crippen LogP) is 2.02. The van der Waals surface area contributed by atoms with Crippen molar-refractivity contribution >= 4 is 45.9 Å². The Labute approximate surface area is 236 Å². The van der Waals surface area contributed by atoms with E-state index in [0.717, 1.165) is 59.8 Å². The topological polar surface area (TPSA) is 192 Å². The number of aliphatic hydroxyl groups excluding tert-OH is 1. The number of nitrogens with zero attached hydrogens (tertiary/aromatic N) is 2. The van der Waals surface area contributed by atoms with Crippen LogP contribution in [0.3, 0.4) is 0 Å². The lowest BCUT2D eigenvalue weighted by atomic mass is 9.99. The number of hydrogen-bond acceptors (Lipinski definition) is 13. The van der Waals surface area contributed by atoms with Gasteiger partial charge in [0.1, 0.15) is 0 Å². The number of ether oxygens (including phenoxy) is 2. The second-order valence-corrected chi connectivity index (χ2v) is 14.0. The Morgan fingerprint density at radius 1 is 0.756 bits per heavy atom. The van der Waals surface area contributed by atoms with Crippen LogP contribution in [0.4, 0.5) is 4.79 Å². The quantitative estimate of drug-likeness (QED) is 0.124. The highest BCUT2D eigenvalue weighted by molar-refractivity contribution is 7.91. The van der Waals surface area contributed by atoms with Gasteiger partial charge in [-0.05, 0) is 24.3 Å². The maximum atomic E-state index is 14.4. The minimum absolute atomic E-state index is 0.319. The van der Waals surface area contributed by atoms with E-state index in [1.807, 2.05) is 0 Å². The normalized spacial score (nSPS) is 18.8. The Bertz CT molecular complexity index is 1570. The summed E-state index contributed by atoms with van der Waals surface area (Å²) in [6, 6.07) is 10.1. The van der Waals surface area contributed by atoms with E-state index in [2.05, 4.69) is 0 Å². The van der Waals surface area contributed by atoms with Crippen molar-refractivity contribution in [1.29, 1.82) is 0 Å². The summed E-state index contributed by atoms with van der Waals surface area (Å²) in [6.45, 7) is 0. The van der Waals surface area contributed by atoms with E-state index in [4.69, 9.17) is 23.0 Å². The van der Waals surface area contributed by atoms with Crippen molar-refractivity contribution in [3.63, 3.8) is 0 Å². The molecule has 0 aliphatic carbocycles. The molecule has 15 nitrogen and oxygen atoms in total. The summed E-state index contributed by atoms with van der Waals surface area (Å²) in [7, 11) is -10.4. The van der Waals surface area contributed by atoms with Gasteiger partial charge in [0, 0.05) is 0 Å². The summed E-state index contributed by atoms with van der Waals surface area (Å²) in [4.78, 5) is 40.9. The van der Waals surface area contributed by atoms with Gasteiger partial charge in [0.25, 0.3) is 31.3 Å². The van der Waals surface area contributed by atoms with Crippen molar-refractivity contribution in [2.75, 3.05) is 35.5 Å². The van der Waals surface area contributed by atoms with E-state index in [1.54, 1.807) is 0 Å². The van der Waals surface area contributed by atoms with Gasteiger partial charge in [0.15, 0.2) is 0 Å². The summed E-state index contributed by atoms with van der Waals surface area (Å²) < 4.78 is 80.5. The average molecular weight is 634 g/mol. The standard InChI is InChI=1S/C23H25N2O13PS2/c1-34-19(26)18(39(36-3,37-4)38-5)23(21(28)35-2)20(27)24(40(30,31)16-12-8-6-9-13-16)22(29)25(23)41(32,33)17-14-10-7-11-15-17/h6-15H,1-5H3/p+1/b19-18+. The van der Waals surface area contributed by atoms with Crippen LogP contribution >= 0.6 is 7.94 Å². The van der Waals surface area contributed by atoms with Gasteiger partial charge in [-0.2, -0.15) is 17.9 Å². The lowest BCUT2D eigenvalue weighted by Crippen LogP contribution is -2.60. The third kappa shape index (κ3) is 4.73. The molecule has 3 amide bonds. The maximum Gasteiger partial charge on any atom is 0.454 e. The molecular weight excluding hydrogens is 607 g/mol. The molecular formula is C23H26N2O13PS2+. The fourth-order valence-corrected chi connectivity index (χ4v) is 9.19. The number of urea groups is 1. The second kappa shape index (κ2) is 11.7. The summed E-state index contributed by atoms with van der Waals surface area (Å²) in [6.07, 6.45) is 0. The molecule has 1 N–H and O–H groups in total. The number of carbonyl (C=O) groups excluding carboxylic acids is 3. The monoisotopic (exact) mass is 633 g/mol. The Balaban J connectivity index is 2.62. The highest BCUT2D eigenvalue weighted by atomic mass is 32.2. The van der Waals surface area contributed by atoms with Gasteiger partial charge in [-0.1, -0.05) is 36.4 Å². The van der Waals surface area contributed by atoms with Gasteiger partial charge in [-0.25, -0.2) is 26.4 Å². The number of sulfonamides is 2. The van der Waals surface area contributed by atoms with Crippen molar-refractivity contribution in [3.8, 4) is 0 Å². The van der Waals surface area contributed by atoms with Gasteiger partial charge in [-0.15, -0.1) is 4.31 Å². The largest absolute Gasteiger partial charge is 0.478 e. The van der Waals surface area contributed by atoms with Crippen molar-refractivity contribution in [2.45, 2.75) is 15.3 Å². The number of hydrogen-bond donors (Lipinski definition) is 1. The minimum atomic E-state index is -5.32. The van der Waals surface area contributed by atoms with E-state index in [1.165, 1.54) is 36.4 Å². The molecule has 0 spiro atoms. The summed E-state index contributed by atoms with van der Waals surface area (Å²) in [5, 5.41) is 9.79. The second-order valence-electron chi connectivity index (χ2n) is 7.86. The summed E-state index contributed by atoms with van der Waals surface area (Å²) >= 11 is 0. The fourth-order valence-electron chi connectivity index (χ4n) is 4.11. The number of amides is 3. The fraction of sp³-hybridized carbons (Fsp3) is 0.261. The number of benzene rings is 2. The third-order valence-corrected chi connectivity index (χ3v) is 11.9. The third-order valence-electron chi connectivity index (χ3n) is 5.92. The first kappa shape index (κ1) is 31.9. The predicted molar refractivity (Wildman–Crippen MR) is 141 cm³/mol.